The molecule has 0 atom stereocenters. The summed E-state index contributed by atoms with van der Waals surface area (Å²) in [5, 5.41) is 10.1. The fraction of sp³-hybridized carbons (Fsp3) is 0.143. The Balaban J connectivity index is 4.75. The second-order valence-corrected chi connectivity index (χ2v) is 2.01. The highest BCUT2D eigenvalue weighted by Gasteiger charge is 2.10. The number of rotatable bonds is 3. The summed E-state index contributed by atoms with van der Waals surface area (Å²) in [6.07, 6.45) is 0.738. The summed E-state index contributed by atoms with van der Waals surface area (Å²) in [7, 11) is 0. The normalized spacial score (nSPS) is 10.9. The molecule has 0 saturated carbocycles. The predicted octanol–water partition coefficient (Wildman–Crippen LogP) is 2.21. The highest BCUT2D eigenvalue weighted by Crippen LogP contribution is 2.10. The molecule has 0 unspecified atom stereocenters. The third-order valence-corrected chi connectivity index (χ3v) is 0.927. The van der Waals surface area contributed by atoms with Crippen LogP contribution in [0.5, 0.6) is 0 Å². The van der Waals surface area contributed by atoms with Crippen LogP contribution in [0.1, 0.15) is 6.92 Å². The fourth-order valence-corrected chi connectivity index (χ4v) is 0.480. The van der Waals surface area contributed by atoms with Crippen molar-refractivity contribution in [1.82, 2.24) is 0 Å². The molecule has 4 heteroatoms. The van der Waals surface area contributed by atoms with E-state index in [4.69, 9.17) is 0 Å². The van der Waals surface area contributed by atoms with E-state index in [1.807, 2.05) is 0 Å². The lowest BCUT2D eigenvalue weighted by Crippen LogP contribution is -1.99. The molecule has 0 aliphatic carbocycles. The SMILES string of the molecule is C=C(F)/C=C(\C(=C)C)[N+](=O)[O-]. The highest BCUT2D eigenvalue weighted by atomic mass is 19.1. The minimum Gasteiger partial charge on any atom is -0.258 e. The standard InChI is InChI=1S/C7H8FNO2/c1-5(2)7(9(10)11)4-6(3)8/h4H,1,3H2,2H3/b7-4+. The van der Waals surface area contributed by atoms with Gasteiger partial charge in [0.1, 0.15) is 5.83 Å². The largest absolute Gasteiger partial charge is 0.274 e. The van der Waals surface area contributed by atoms with E-state index in [0.29, 0.717) is 0 Å². The zero-order chi connectivity index (χ0) is 9.02. The average molecular weight is 157 g/mol. The Morgan fingerprint density at radius 1 is 1.64 bits per heavy atom. The molecule has 3 nitrogen and oxygen atoms in total. The van der Waals surface area contributed by atoms with Gasteiger partial charge < -0.3 is 0 Å². The second kappa shape index (κ2) is 3.65. The molecule has 0 radical (unpaired) electrons. The number of nitro groups is 1. The molecule has 0 amide bonds. The van der Waals surface area contributed by atoms with Crippen molar-refractivity contribution >= 4 is 0 Å². The maximum Gasteiger partial charge on any atom is 0.274 e. The van der Waals surface area contributed by atoms with E-state index in [2.05, 4.69) is 13.2 Å². The molecule has 0 aromatic rings. The Bertz CT molecular complexity index is 227. The van der Waals surface area contributed by atoms with E-state index in [1.165, 1.54) is 6.92 Å². The molecule has 0 N–H and O–H groups in total. The number of halogens is 1. The topological polar surface area (TPSA) is 43.1 Å². The Kier molecular flexibility index (Phi) is 3.17. The summed E-state index contributed by atoms with van der Waals surface area (Å²) < 4.78 is 12.1. The van der Waals surface area contributed by atoms with Gasteiger partial charge in [-0.2, -0.15) is 0 Å². The molecule has 0 aromatic heterocycles. The van der Waals surface area contributed by atoms with Gasteiger partial charge in [0.15, 0.2) is 0 Å². The van der Waals surface area contributed by atoms with Crippen LogP contribution in [0.2, 0.25) is 0 Å². The van der Waals surface area contributed by atoms with Crippen molar-refractivity contribution in [2.24, 2.45) is 0 Å². The predicted molar refractivity (Wildman–Crippen MR) is 40.1 cm³/mol. The Morgan fingerprint density at radius 3 is 2.18 bits per heavy atom. The van der Waals surface area contributed by atoms with E-state index >= 15 is 0 Å². The summed E-state index contributed by atoms with van der Waals surface area (Å²) in [6.45, 7) is 7.61. The van der Waals surface area contributed by atoms with Crippen molar-refractivity contribution < 1.29 is 9.31 Å². The summed E-state index contributed by atoms with van der Waals surface area (Å²) in [4.78, 5) is 9.44. The van der Waals surface area contributed by atoms with E-state index in [9.17, 15) is 14.5 Å². The van der Waals surface area contributed by atoms with E-state index in [1.54, 1.807) is 0 Å². The molecule has 0 aliphatic rings. The molecule has 0 aliphatic heterocycles. The number of nitrogens with zero attached hydrogens (tertiary/aromatic N) is 1. The van der Waals surface area contributed by atoms with Crippen LogP contribution < -0.4 is 0 Å². The van der Waals surface area contributed by atoms with Crippen molar-refractivity contribution in [2.75, 3.05) is 0 Å². The first-order valence-electron chi connectivity index (χ1n) is 2.81. The van der Waals surface area contributed by atoms with Crippen LogP contribution in [0, 0.1) is 10.1 Å². The zero-order valence-electron chi connectivity index (χ0n) is 6.13. The summed E-state index contributed by atoms with van der Waals surface area (Å²) in [5.74, 6) is -0.847. The van der Waals surface area contributed by atoms with E-state index in [0.717, 1.165) is 6.08 Å². The van der Waals surface area contributed by atoms with Gasteiger partial charge in [0.2, 0.25) is 0 Å². The molecule has 0 bridgehead atoms. The lowest BCUT2D eigenvalue weighted by molar-refractivity contribution is -0.420. The van der Waals surface area contributed by atoms with Crippen molar-refractivity contribution in [3.8, 4) is 0 Å². The smallest absolute Gasteiger partial charge is 0.258 e. The molecular weight excluding hydrogens is 149 g/mol. The maximum absolute atomic E-state index is 12.1. The number of allylic oxidation sites excluding steroid dienone is 3. The van der Waals surface area contributed by atoms with Crippen molar-refractivity contribution in [3.63, 3.8) is 0 Å². The third-order valence-electron chi connectivity index (χ3n) is 0.927. The first-order valence-corrected chi connectivity index (χ1v) is 2.81. The van der Waals surface area contributed by atoms with Crippen LogP contribution in [0.3, 0.4) is 0 Å². The first kappa shape index (κ1) is 9.55. The van der Waals surface area contributed by atoms with Crippen LogP contribution in [0.4, 0.5) is 4.39 Å². The third kappa shape index (κ3) is 3.30. The van der Waals surface area contributed by atoms with Gasteiger partial charge in [-0.05, 0) is 6.92 Å². The van der Waals surface area contributed by atoms with Crippen molar-refractivity contribution in [1.29, 1.82) is 0 Å². The van der Waals surface area contributed by atoms with Gasteiger partial charge in [0.25, 0.3) is 5.70 Å². The summed E-state index contributed by atoms with van der Waals surface area (Å²) >= 11 is 0. The molecular formula is C7H8FNO2. The van der Waals surface area contributed by atoms with Crippen LogP contribution in [-0.4, -0.2) is 4.92 Å². The minimum atomic E-state index is -0.847. The van der Waals surface area contributed by atoms with Gasteiger partial charge in [-0.3, -0.25) is 10.1 Å². The van der Waals surface area contributed by atoms with Crippen LogP contribution in [0.15, 0.2) is 36.3 Å². The van der Waals surface area contributed by atoms with Crippen molar-refractivity contribution in [3.05, 3.63) is 46.4 Å². The lowest BCUT2D eigenvalue weighted by atomic mass is 10.2. The lowest BCUT2D eigenvalue weighted by Gasteiger charge is -1.93. The van der Waals surface area contributed by atoms with Gasteiger partial charge in [0, 0.05) is 5.57 Å². The minimum absolute atomic E-state index is 0.203. The summed E-state index contributed by atoms with van der Waals surface area (Å²) in [5.41, 5.74) is -0.147. The van der Waals surface area contributed by atoms with Gasteiger partial charge in [-0.25, -0.2) is 4.39 Å². The van der Waals surface area contributed by atoms with Gasteiger partial charge >= 0.3 is 0 Å². The van der Waals surface area contributed by atoms with Gasteiger partial charge in [-0.1, -0.05) is 13.2 Å². The molecule has 60 valence electrons. The molecule has 0 fully saturated rings. The van der Waals surface area contributed by atoms with Crippen molar-refractivity contribution in [2.45, 2.75) is 6.92 Å². The number of hydrogen-bond donors (Lipinski definition) is 0. The van der Waals surface area contributed by atoms with Crippen LogP contribution in [0.25, 0.3) is 0 Å². The Hall–Kier alpha value is -1.45. The fourth-order valence-electron chi connectivity index (χ4n) is 0.480. The van der Waals surface area contributed by atoms with Gasteiger partial charge in [0.05, 0.1) is 11.0 Å². The van der Waals surface area contributed by atoms with Crippen LogP contribution >= 0.6 is 0 Å². The Morgan fingerprint density at radius 2 is 2.09 bits per heavy atom. The highest BCUT2D eigenvalue weighted by molar-refractivity contribution is 5.25. The quantitative estimate of drug-likeness (QED) is 0.358. The molecule has 0 aromatic carbocycles. The van der Waals surface area contributed by atoms with Gasteiger partial charge in [-0.15, -0.1) is 0 Å². The number of hydrogen-bond acceptors (Lipinski definition) is 2. The molecule has 0 spiro atoms. The molecule has 11 heavy (non-hydrogen) atoms. The van der Waals surface area contributed by atoms with E-state index < -0.39 is 10.8 Å². The molecule has 0 rings (SSSR count). The van der Waals surface area contributed by atoms with Crippen LogP contribution in [-0.2, 0) is 0 Å². The average Bonchev–Trinajstić information content (AvgIpc) is 1.81. The summed E-state index contributed by atoms with van der Waals surface area (Å²) in [6, 6.07) is 0. The first-order chi connectivity index (χ1) is 4.95. The molecule has 0 saturated heterocycles. The Labute approximate surface area is 63.7 Å². The molecule has 0 heterocycles. The zero-order valence-corrected chi connectivity index (χ0v) is 6.13. The second-order valence-electron chi connectivity index (χ2n) is 2.01. The monoisotopic (exact) mass is 157 g/mol. The maximum atomic E-state index is 12.1. The van der Waals surface area contributed by atoms with E-state index in [-0.39, 0.29) is 11.3 Å².